The minimum Gasteiger partial charge on any atom is -0.352 e. The van der Waals surface area contributed by atoms with E-state index in [1.165, 1.54) is 44.2 Å². The van der Waals surface area contributed by atoms with Gasteiger partial charge in [-0.05, 0) is 31.6 Å². The first kappa shape index (κ1) is 12.7. The summed E-state index contributed by atoms with van der Waals surface area (Å²) in [7, 11) is 0. The third-order valence-corrected chi connectivity index (χ3v) is 5.81. The maximum atomic E-state index is 6.00. The number of nitrogens with zero attached hydrogens (tertiary/aromatic N) is 3. The van der Waals surface area contributed by atoms with Crippen LogP contribution in [0.25, 0.3) is 4.96 Å². The van der Waals surface area contributed by atoms with Crippen molar-refractivity contribution in [2.75, 3.05) is 11.4 Å². The van der Waals surface area contributed by atoms with Crippen LogP contribution in [0, 0.1) is 5.92 Å². The first-order valence-electron chi connectivity index (χ1n) is 7.79. The van der Waals surface area contributed by atoms with Gasteiger partial charge in [0.25, 0.3) is 0 Å². The fourth-order valence-electron chi connectivity index (χ4n) is 4.13. The van der Waals surface area contributed by atoms with Crippen LogP contribution in [0.3, 0.4) is 0 Å². The Morgan fingerprint density at radius 1 is 1.25 bits per heavy atom. The van der Waals surface area contributed by atoms with Gasteiger partial charge in [0.2, 0.25) is 0 Å². The zero-order valence-electron chi connectivity index (χ0n) is 11.8. The Balaban J connectivity index is 1.71. The van der Waals surface area contributed by atoms with Crippen LogP contribution in [0.4, 0.5) is 5.82 Å². The molecule has 20 heavy (non-hydrogen) atoms. The second-order valence-corrected chi connectivity index (χ2v) is 6.96. The van der Waals surface area contributed by atoms with Crippen molar-refractivity contribution in [3.8, 4) is 0 Å². The Bertz CT molecular complexity index is 596. The van der Waals surface area contributed by atoms with Gasteiger partial charge in [0, 0.05) is 30.7 Å². The number of fused-ring (bicyclic) bond motifs is 1. The van der Waals surface area contributed by atoms with E-state index >= 15 is 0 Å². The number of anilines is 1. The Morgan fingerprint density at radius 2 is 2.10 bits per heavy atom. The molecular formula is C15H22N4S. The first-order valence-corrected chi connectivity index (χ1v) is 8.67. The molecule has 1 saturated heterocycles. The summed E-state index contributed by atoms with van der Waals surface area (Å²) in [6, 6.07) is 0.701. The Kier molecular flexibility index (Phi) is 3.19. The Labute approximate surface area is 123 Å². The second-order valence-electron chi connectivity index (χ2n) is 6.09. The van der Waals surface area contributed by atoms with Crippen molar-refractivity contribution in [3.63, 3.8) is 0 Å². The Hall–Kier alpha value is -1.07. The lowest BCUT2D eigenvalue weighted by atomic mass is 9.96. The van der Waals surface area contributed by atoms with Crippen molar-refractivity contribution in [1.82, 2.24) is 9.38 Å². The molecule has 2 aromatic rings. The molecule has 2 fully saturated rings. The average Bonchev–Trinajstić information content (AvgIpc) is 3.21. The zero-order chi connectivity index (χ0) is 13.5. The molecule has 2 aliphatic rings. The summed E-state index contributed by atoms with van der Waals surface area (Å²) in [6.45, 7) is 1.72. The fourth-order valence-corrected chi connectivity index (χ4v) is 4.86. The third-order valence-electron chi connectivity index (χ3n) is 5.05. The fraction of sp³-hybridized carbons (Fsp3) is 0.667. The molecule has 2 aromatic heterocycles. The molecule has 0 radical (unpaired) electrons. The monoisotopic (exact) mass is 290 g/mol. The van der Waals surface area contributed by atoms with Crippen molar-refractivity contribution < 1.29 is 0 Å². The molecule has 108 valence electrons. The van der Waals surface area contributed by atoms with E-state index in [-0.39, 0.29) is 0 Å². The van der Waals surface area contributed by atoms with Gasteiger partial charge < -0.3 is 10.6 Å². The van der Waals surface area contributed by atoms with Crippen LogP contribution in [-0.4, -0.2) is 22.0 Å². The predicted octanol–water partition coefficient (Wildman–Crippen LogP) is 3.01. The van der Waals surface area contributed by atoms with E-state index in [0.717, 1.165) is 23.2 Å². The van der Waals surface area contributed by atoms with E-state index in [0.29, 0.717) is 12.6 Å². The summed E-state index contributed by atoms with van der Waals surface area (Å²) in [4.78, 5) is 8.52. The quantitative estimate of drug-likeness (QED) is 0.945. The highest BCUT2D eigenvalue weighted by Crippen LogP contribution is 2.38. The van der Waals surface area contributed by atoms with Gasteiger partial charge in [-0.3, -0.25) is 4.40 Å². The van der Waals surface area contributed by atoms with Gasteiger partial charge in [-0.15, -0.1) is 11.3 Å². The molecule has 1 aliphatic carbocycles. The Morgan fingerprint density at radius 3 is 2.90 bits per heavy atom. The zero-order valence-corrected chi connectivity index (χ0v) is 12.6. The minimum absolute atomic E-state index is 0.571. The molecule has 0 bridgehead atoms. The van der Waals surface area contributed by atoms with Crippen LogP contribution in [0.2, 0.25) is 0 Å². The van der Waals surface area contributed by atoms with E-state index in [1.807, 2.05) is 0 Å². The summed E-state index contributed by atoms with van der Waals surface area (Å²) in [5.74, 6) is 2.04. The third kappa shape index (κ3) is 1.87. The van der Waals surface area contributed by atoms with E-state index in [1.54, 1.807) is 11.3 Å². The van der Waals surface area contributed by atoms with Gasteiger partial charge in [0.15, 0.2) is 10.8 Å². The molecule has 0 amide bonds. The van der Waals surface area contributed by atoms with Crippen molar-refractivity contribution >= 4 is 22.1 Å². The molecule has 0 spiro atoms. The number of hydrogen-bond acceptors (Lipinski definition) is 4. The topological polar surface area (TPSA) is 46.6 Å². The first-order chi connectivity index (χ1) is 9.88. The minimum atomic E-state index is 0.571. The van der Waals surface area contributed by atoms with Crippen LogP contribution in [0.15, 0.2) is 11.6 Å². The van der Waals surface area contributed by atoms with Gasteiger partial charge in [-0.2, -0.15) is 0 Å². The standard InChI is InChI=1S/C15H22N4S/c16-10-13-14(17-15-19(13)8-9-20-15)18-7-3-6-12(18)11-4-1-2-5-11/h8-9,11-12H,1-7,10,16H2. The molecule has 0 aromatic carbocycles. The van der Waals surface area contributed by atoms with Crippen LogP contribution < -0.4 is 10.6 Å². The number of thiazole rings is 1. The van der Waals surface area contributed by atoms with Gasteiger partial charge in [0.1, 0.15) is 0 Å². The van der Waals surface area contributed by atoms with Crippen molar-refractivity contribution in [3.05, 3.63) is 17.3 Å². The normalized spacial score (nSPS) is 24.2. The molecular weight excluding hydrogens is 268 g/mol. The molecule has 4 rings (SSSR count). The van der Waals surface area contributed by atoms with E-state index < -0.39 is 0 Å². The average molecular weight is 290 g/mol. The van der Waals surface area contributed by atoms with Crippen LogP contribution in [-0.2, 0) is 6.54 Å². The number of nitrogens with two attached hydrogens (primary N) is 1. The lowest BCUT2D eigenvalue weighted by molar-refractivity contribution is 0.429. The van der Waals surface area contributed by atoms with E-state index in [2.05, 4.69) is 20.9 Å². The SMILES string of the molecule is NCc1c(N2CCCC2C2CCCC2)nc2sccn12. The lowest BCUT2D eigenvalue weighted by Crippen LogP contribution is -2.35. The van der Waals surface area contributed by atoms with Gasteiger partial charge >= 0.3 is 0 Å². The molecule has 3 heterocycles. The van der Waals surface area contributed by atoms with Gasteiger partial charge in [0.05, 0.1) is 5.69 Å². The van der Waals surface area contributed by atoms with Crippen molar-refractivity contribution in [1.29, 1.82) is 0 Å². The highest BCUT2D eigenvalue weighted by atomic mass is 32.1. The number of imidazole rings is 1. The molecule has 2 N–H and O–H groups in total. The molecule has 1 aliphatic heterocycles. The predicted molar refractivity (Wildman–Crippen MR) is 83.3 cm³/mol. The lowest BCUT2D eigenvalue weighted by Gasteiger charge is -2.30. The number of hydrogen-bond donors (Lipinski definition) is 1. The van der Waals surface area contributed by atoms with Crippen LogP contribution >= 0.6 is 11.3 Å². The number of rotatable bonds is 3. The smallest absolute Gasteiger partial charge is 0.195 e. The maximum Gasteiger partial charge on any atom is 0.195 e. The molecule has 4 nitrogen and oxygen atoms in total. The van der Waals surface area contributed by atoms with E-state index in [9.17, 15) is 0 Å². The summed E-state index contributed by atoms with van der Waals surface area (Å²) < 4.78 is 2.17. The van der Waals surface area contributed by atoms with Crippen molar-refractivity contribution in [2.45, 2.75) is 51.1 Å². The van der Waals surface area contributed by atoms with Crippen LogP contribution in [0.5, 0.6) is 0 Å². The van der Waals surface area contributed by atoms with Crippen LogP contribution in [0.1, 0.15) is 44.2 Å². The summed E-state index contributed by atoms with van der Waals surface area (Å²) in [5, 5.41) is 2.09. The van der Waals surface area contributed by atoms with Crippen molar-refractivity contribution in [2.24, 2.45) is 11.7 Å². The largest absolute Gasteiger partial charge is 0.352 e. The van der Waals surface area contributed by atoms with Gasteiger partial charge in [-0.25, -0.2) is 4.98 Å². The van der Waals surface area contributed by atoms with E-state index in [4.69, 9.17) is 10.7 Å². The second kappa shape index (κ2) is 5.04. The molecule has 1 atom stereocenters. The number of aromatic nitrogens is 2. The summed E-state index contributed by atoms with van der Waals surface area (Å²) >= 11 is 1.70. The molecule has 1 saturated carbocycles. The summed E-state index contributed by atoms with van der Waals surface area (Å²) in [5.41, 5.74) is 7.19. The molecule has 5 heteroatoms. The maximum absolute atomic E-state index is 6.00. The molecule has 1 unspecified atom stereocenters. The highest BCUT2D eigenvalue weighted by Gasteiger charge is 2.35. The summed E-state index contributed by atoms with van der Waals surface area (Å²) in [6.07, 6.45) is 10.4. The van der Waals surface area contributed by atoms with Gasteiger partial charge in [-0.1, -0.05) is 12.8 Å². The highest BCUT2D eigenvalue weighted by molar-refractivity contribution is 7.15.